The molecule has 2 atom stereocenters. The smallest absolute Gasteiger partial charge is 0.0169 e. The van der Waals surface area contributed by atoms with E-state index in [1.807, 2.05) is 0 Å². The van der Waals surface area contributed by atoms with Crippen molar-refractivity contribution in [2.75, 3.05) is 19.6 Å². The lowest BCUT2D eigenvalue weighted by Crippen LogP contribution is -2.46. The summed E-state index contributed by atoms with van der Waals surface area (Å²) in [4.78, 5) is 2.62. The van der Waals surface area contributed by atoms with Crippen LogP contribution in [0.4, 0.5) is 0 Å². The Morgan fingerprint density at radius 1 is 1.24 bits per heavy atom. The molecule has 1 heterocycles. The molecule has 2 fully saturated rings. The average molecular weight is 238 g/mol. The van der Waals surface area contributed by atoms with Crippen molar-refractivity contribution >= 4 is 0 Å². The number of nitrogens with one attached hydrogen (secondary N) is 1. The zero-order valence-electron chi connectivity index (χ0n) is 12.0. The molecular weight excluding hydrogens is 208 g/mol. The predicted molar refractivity (Wildman–Crippen MR) is 74.3 cm³/mol. The Morgan fingerprint density at radius 3 is 2.59 bits per heavy atom. The summed E-state index contributed by atoms with van der Waals surface area (Å²) in [7, 11) is 0. The summed E-state index contributed by atoms with van der Waals surface area (Å²) in [5, 5.41) is 3.86. The summed E-state index contributed by atoms with van der Waals surface area (Å²) in [6, 6.07) is 1.42. The first kappa shape index (κ1) is 13.4. The van der Waals surface area contributed by atoms with Gasteiger partial charge in [-0.25, -0.2) is 0 Å². The van der Waals surface area contributed by atoms with Crippen molar-refractivity contribution in [3.05, 3.63) is 0 Å². The second-order valence-electron chi connectivity index (χ2n) is 7.03. The van der Waals surface area contributed by atoms with Crippen LogP contribution in [-0.2, 0) is 0 Å². The maximum atomic E-state index is 3.86. The molecule has 1 N–H and O–H groups in total. The third-order valence-corrected chi connectivity index (χ3v) is 4.46. The van der Waals surface area contributed by atoms with Crippen LogP contribution in [0.25, 0.3) is 0 Å². The highest BCUT2D eigenvalue weighted by atomic mass is 15.2. The van der Waals surface area contributed by atoms with Gasteiger partial charge in [-0.1, -0.05) is 20.3 Å². The van der Waals surface area contributed by atoms with E-state index in [2.05, 4.69) is 31.0 Å². The topological polar surface area (TPSA) is 15.3 Å². The van der Waals surface area contributed by atoms with Gasteiger partial charge in [0, 0.05) is 18.6 Å². The van der Waals surface area contributed by atoms with Crippen molar-refractivity contribution in [3.63, 3.8) is 0 Å². The van der Waals surface area contributed by atoms with E-state index in [0.29, 0.717) is 11.5 Å². The Morgan fingerprint density at radius 2 is 1.94 bits per heavy atom. The standard InChI is InChI=1S/C15H30N2/c1-13(12-17-9-4-5-10-17)16-14-7-6-8-15(2,3)11-14/h13-14,16H,4-12H2,1-3H3. The van der Waals surface area contributed by atoms with Crippen LogP contribution in [0, 0.1) is 5.41 Å². The molecule has 2 nitrogen and oxygen atoms in total. The van der Waals surface area contributed by atoms with Gasteiger partial charge in [-0.2, -0.15) is 0 Å². The third kappa shape index (κ3) is 4.26. The molecule has 100 valence electrons. The maximum Gasteiger partial charge on any atom is 0.0169 e. The summed E-state index contributed by atoms with van der Waals surface area (Å²) < 4.78 is 0. The largest absolute Gasteiger partial charge is 0.310 e. The van der Waals surface area contributed by atoms with Crippen LogP contribution in [0.1, 0.15) is 59.3 Å². The molecule has 0 aromatic heterocycles. The molecule has 0 aromatic rings. The SMILES string of the molecule is CC(CN1CCCC1)NC1CCCC(C)(C)C1. The summed E-state index contributed by atoms with van der Waals surface area (Å²) in [6.07, 6.45) is 8.37. The van der Waals surface area contributed by atoms with E-state index in [-0.39, 0.29) is 0 Å². The van der Waals surface area contributed by atoms with Gasteiger partial charge in [0.05, 0.1) is 0 Å². The molecule has 0 amide bonds. The minimum atomic E-state index is 0.559. The molecular formula is C15H30N2. The van der Waals surface area contributed by atoms with Crippen molar-refractivity contribution in [2.45, 2.75) is 71.4 Å². The quantitative estimate of drug-likeness (QED) is 0.810. The molecule has 17 heavy (non-hydrogen) atoms. The molecule has 1 saturated heterocycles. The number of likely N-dealkylation sites (tertiary alicyclic amines) is 1. The van der Waals surface area contributed by atoms with Crippen LogP contribution in [-0.4, -0.2) is 36.6 Å². The highest BCUT2D eigenvalue weighted by molar-refractivity contribution is 4.85. The first-order valence-corrected chi connectivity index (χ1v) is 7.54. The normalized spacial score (nSPS) is 31.6. The molecule has 2 unspecified atom stereocenters. The Bertz CT molecular complexity index is 231. The van der Waals surface area contributed by atoms with Gasteiger partial charge in [0.2, 0.25) is 0 Å². The zero-order chi connectivity index (χ0) is 12.3. The van der Waals surface area contributed by atoms with Crippen LogP contribution in [0.15, 0.2) is 0 Å². The number of hydrogen-bond donors (Lipinski definition) is 1. The van der Waals surface area contributed by atoms with E-state index in [4.69, 9.17) is 0 Å². The molecule has 1 aliphatic carbocycles. The van der Waals surface area contributed by atoms with Gasteiger partial charge >= 0.3 is 0 Å². The summed E-state index contributed by atoms with van der Waals surface area (Å²) in [5.41, 5.74) is 0.559. The van der Waals surface area contributed by atoms with E-state index >= 15 is 0 Å². The second-order valence-corrected chi connectivity index (χ2v) is 7.03. The van der Waals surface area contributed by atoms with Gasteiger partial charge in [0.15, 0.2) is 0 Å². The highest BCUT2D eigenvalue weighted by Gasteiger charge is 2.28. The minimum Gasteiger partial charge on any atom is -0.310 e. The van der Waals surface area contributed by atoms with Crippen molar-refractivity contribution in [3.8, 4) is 0 Å². The Hall–Kier alpha value is -0.0800. The van der Waals surface area contributed by atoms with Crippen LogP contribution in [0.5, 0.6) is 0 Å². The number of nitrogens with zero attached hydrogens (tertiary/aromatic N) is 1. The van der Waals surface area contributed by atoms with E-state index < -0.39 is 0 Å². The molecule has 2 rings (SSSR count). The van der Waals surface area contributed by atoms with E-state index in [0.717, 1.165) is 6.04 Å². The van der Waals surface area contributed by atoms with Gasteiger partial charge in [-0.3, -0.25) is 0 Å². The van der Waals surface area contributed by atoms with E-state index in [9.17, 15) is 0 Å². The fourth-order valence-corrected chi connectivity index (χ4v) is 3.65. The summed E-state index contributed by atoms with van der Waals surface area (Å²) >= 11 is 0. The molecule has 1 saturated carbocycles. The minimum absolute atomic E-state index is 0.559. The fourth-order valence-electron chi connectivity index (χ4n) is 3.65. The maximum absolute atomic E-state index is 3.86. The summed E-state index contributed by atoms with van der Waals surface area (Å²) in [6.45, 7) is 11.1. The molecule has 2 heteroatoms. The zero-order valence-corrected chi connectivity index (χ0v) is 12.0. The fraction of sp³-hybridized carbons (Fsp3) is 1.00. The number of hydrogen-bond acceptors (Lipinski definition) is 2. The second kappa shape index (κ2) is 5.71. The molecule has 0 aromatic carbocycles. The Balaban J connectivity index is 1.72. The van der Waals surface area contributed by atoms with Crippen molar-refractivity contribution < 1.29 is 0 Å². The summed E-state index contributed by atoms with van der Waals surface area (Å²) in [5.74, 6) is 0. The third-order valence-electron chi connectivity index (χ3n) is 4.46. The van der Waals surface area contributed by atoms with Crippen molar-refractivity contribution in [2.24, 2.45) is 5.41 Å². The molecule has 0 bridgehead atoms. The number of rotatable bonds is 4. The van der Waals surface area contributed by atoms with Gasteiger partial charge in [-0.05, 0) is 57.5 Å². The van der Waals surface area contributed by atoms with Crippen molar-refractivity contribution in [1.82, 2.24) is 10.2 Å². The highest BCUT2D eigenvalue weighted by Crippen LogP contribution is 2.35. The van der Waals surface area contributed by atoms with Gasteiger partial charge in [0.25, 0.3) is 0 Å². The lowest BCUT2D eigenvalue weighted by Gasteiger charge is -2.37. The van der Waals surface area contributed by atoms with Gasteiger partial charge in [0.1, 0.15) is 0 Å². The molecule has 0 radical (unpaired) electrons. The molecule has 1 aliphatic heterocycles. The van der Waals surface area contributed by atoms with Crippen LogP contribution in [0.3, 0.4) is 0 Å². The lowest BCUT2D eigenvalue weighted by atomic mass is 9.75. The lowest BCUT2D eigenvalue weighted by molar-refractivity contribution is 0.181. The monoisotopic (exact) mass is 238 g/mol. The van der Waals surface area contributed by atoms with Crippen LogP contribution in [0.2, 0.25) is 0 Å². The first-order valence-electron chi connectivity index (χ1n) is 7.54. The van der Waals surface area contributed by atoms with Crippen molar-refractivity contribution in [1.29, 1.82) is 0 Å². The van der Waals surface area contributed by atoms with E-state index in [1.54, 1.807) is 0 Å². The molecule has 2 aliphatic rings. The molecule has 0 spiro atoms. The van der Waals surface area contributed by atoms with Crippen LogP contribution >= 0.6 is 0 Å². The average Bonchev–Trinajstić information content (AvgIpc) is 2.68. The van der Waals surface area contributed by atoms with Gasteiger partial charge in [-0.15, -0.1) is 0 Å². The first-order chi connectivity index (χ1) is 8.05. The Kier molecular flexibility index (Phi) is 4.48. The van der Waals surface area contributed by atoms with Gasteiger partial charge < -0.3 is 10.2 Å². The van der Waals surface area contributed by atoms with E-state index in [1.165, 1.54) is 58.2 Å². The van der Waals surface area contributed by atoms with Crippen LogP contribution < -0.4 is 5.32 Å². The Labute approximate surface area is 107 Å². The predicted octanol–water partition coefficient (Wildman–Crippen LogP) is 3.03.